The average Bonchev–Trinajstić information content (AvgIpc) is 2.91. The van der Waals surface area contributed by atoms with E-state index in [-0.39, 0.29) is 0 Å². The van der Waals surface area contributed by atoms with Crippen LogP contribution in [0.15, 0.2) is 24.3 Å². The Balaban J connectivity index is 1.71. The molecule has 0 amide bonds. The van der Waals surface area contributed by atoms with Gasteiger partial charge in [-0.3, -0.25) is 0 Å². The molecule has 2 aromatic rings. The molecule has 3 nitrogen and oxygen atoms in total. The molecule has 5 heteroatoms. The number of nitrogens with zero attached hydrogens (tertiary/aromatic N) is 3. The molecule has 1 saturated heterocycles. The first-order valence-electron chi connectivity index (χ1n) is 7.53. The number of halogens is 1. The Morgan fingerprint density at radius 2 is 2.18 bits per heavy atom. The highest BCUT2D eigenvalue weighted by atomic mass is 35.5. The highest BCUT2D eigenvalue weighted by Gasteiger charge is 2.25. The summed E-state index contributed by atoms with van der Waals surface area (Å²) in [6.45, 7) is 4.07. The smallest absolute Gasteiger partial charge is 0.162 e. The fourth-order valence-electron chi connectivity index (χ4n) is 3.05. The van der Waals surface area contributed by atoms with Crippen LogP contribution in [0.3, 0.4) is 0 Å². The predicted molar refractivity (Wildman–Crippen MR) is 91.7 cm³/mol. The van der Waals surface area contributed by atoms with Crippen molar-refractivity contribution >= 4 is 28.1 Å². The predicted octanol–water partition coefficient (Wildman–Crippen LogP) is 4.44. The molecular weight excluding hydrogens is 314 g/mol. The van der Waals surface area contributed by atoms with Gasteiger partial charge in [-0.25, -0.2) is 0 Å². The molecule has 1 fully saturated rings. The molecule has 114 valence electrons. The standard InChI is InChI=1S/C17H18ClN3S/c1-12-4-6-13(7-5-12)9-14-3-2-8-21(11-14)17-15(10-19)16(18)20-22-17/h4-7,14H,2-3,8-9,11H2,1H3/t14-/m1/s1. The Bertz CT molecular complexity index is 687. The van der Waals surface area contributed by atoms with Crippen LogP contribution in [0.5, 0.6) is 0 Å². The molecule has 22 heavy (non-hydrogen) atoms. The van der Waals surface area contributed by atoms with Crippen molar-refractivity contribution < 1.29 is 0 Å². The Morgan fingerprint density at radius 1 is 1.41 bits per heavy atom. The first-order chi connectivity index (χ1) is 10.7. The molecule has 1 aliphatic rings. The molecule has 1 atom stereocenters. The summed E-state index contributed by atoms with van der Waals surface area (Å²) in [5, 5.41) is 10.5. The van der Waals surface area contributed by atoms with Gasteiger partial charge in [0.2, 0.25) is 0 Å². The number of aryl methyl sites for hydroxylation is 1. The molecule has 0 saturated carbocycles. The van der Waals surface area contributed by atoms with Crippen molar-refractivity contribution in [1.82, 2.24) is 4.37 Å². The van der Waals surface area contributed by atoms with Gasteiger partial charge in [0.25, 0.3) is 0 Å². The van der Waals surface area contributed by atoms with E-state index in [1.165, 1.54) is 29.1 Å². The number of aromatic nitrogens is 1. The van der Waals surface area contributed by atoms with E-state index in [4.69, 9.17) is 11.6 Å². The summed E-state index contributed by atoms with van der Waals surface area (Å²) >= 11 is 7.33. The lowest BCUT2D eigenvalue weighted by atomic mass is 9.91. The highest BCUT2D eigenvalue weighted by Crippen LogP contribution is 2.34. The Morgan fingerprint density at radius 3 is 2.91 bits per heavy atom. The van der Waals surface area contributed by atoms with E-state index in [9.17, 15) is 5.26 Å². The zero-order chi connectivity index (χ0) is 15.5. The lowest BCUT2D eigenvalue weighted by molar-refractivity contribution is 0.414. The summed E-state index contributed by atoms with van der Waals surface area (Å²) in [4.78, 5) is 2.28. The Kier molecular flexibility index (Phi) is 4.66. The van der Waals surface area contributed by atoms with E-state index < -0.39 is 0 Å². The van der Waals surface area contributed by atoms with Crippen molar-refractivity contribution in [2.75, 3.05) is 18.0 Å². The molecule has 0 bridgehead atoms. The molecule has 0 radical (unpaired) electrons. The second kappa shape index (κ2) is 6.68. The molecule has 3 rings (SSSR count). The number of anilines is 1. The van der Waals surface area contributed by atoms with Crippen molar-refractivity contribution in [3.63, 3.8) is 0 Å². The molecule has 2 heterocycles. The first kappa shape index (κ1) is 15.3. The topological polar surface area (TPSA) is 39.9 Å². The van der Waals surface area contributed by atoms with Gasteiger partial charge in [0, 0.05) is 13.1 Å². The fraction of sp³-hybridized carbons (Fsp3) is 0.412. The molecule has 0 N–H and O–H groups in total. The van der Waals surface area contributed by atoms with E-state index in [2.05, 4.69) is 46.5 Å². The van der Waals surface area contributed by atoms with Gasteiger partial charge in [0.05, 0.1) is 0 Å². The van der Waals surface area contributed by atoms with Crippen molar-refractivity contribution in [1.29, 1.82) is 5.26 Å². The van der Waals surface area contributed by atoms with E-state index in [0.717, 1.165) is 30.9 Å². The molecule has 0 unspecified atom stereocenters. The van der Waals surface area contributed by atoms with Gasteiger partial charge >= 0.3 is 0 Å². The van der Waals surface area contributed by atoms with E-state index in [0.29, 0.717) is 16.6 Å². The van der Waals surface area contributed by atoms with Gasteiger partial charge in [-0.2, -0.15) is 9.64 Å². The minimum atomic E-state index is 0.336. The minimum Gasteiger partial charge on any atom is -0.361 e. The molecule has 1 aromatic carbocycles. The van der Waals surface area contributed by atoms with Gasteiger partial charge in [-0.15, -0.1) is 0 Å². The first-order valence-corrected chi connectivity index (χ1v) is 8.68. The van der Waals surface area contributed by atoms with Crippen LogP contribution in [-0.4, -0.2) is 17.5 Å². The van der Waals surface area contributed by atoms with E-state index in [1.807, 2.05) is 0 Å². The zero-order valence-corrected chi connectivity index (χ0v) is 14.1. The second-order valence-corrected chi connectivity index (χ2v) is 7.02. The number of hydrogen-bond acceptors (Lipinski definition) is 4. The summed E-state index contributed by atoms with van der Waals surface area (Å²) in [6.07, 6.45) is 3.47. The third-order valence-corrected chi connectivity index (χ3v) is 5.48. The van der Waals surface area contributed by atoms with Crippen LogP contribution in [-0.2, 0) is 6.42 Å². The molecule has 0 spiro atoms. The third kappa shape index (κ3) is 3.26. The van der Waals surface area contributed by atoms with Crippen molar-refractivity contribution in [2.45, 2.75) is 26.2 Å². The normalized spacial score (nSPS) is 18.2. The number of piperidine rings is 1. The Labute approximate surface area is 140 Å². The van der Waals surface area contributed by atoms with Crippen LogP contribution < -0.4 is 4.90 Å². The van der Waals surface area contributed by atoms with Crippen LogP contribution >= 0.6 is 23.1 Å². The van der Waals surface area contributed by atoms with E-state index >= 15 is 0 Å². The van der Waals surface area contributed by atoms with Crippen LogP contribution in [0.1, 0.15) is 29.5 Å². The van der Waals surface area contributed by atoms with Crippen molar-refractivity contribution in [2.24, 2.45) is 5.92 Å². The maximum Gasteiger partial charge on any atom is 0.162 e. The lowest BCUT2D eigenvalue weighted by Crippen LogP contribution is -2.36. The largest absolute Gasteiger partial charge is 0.361 e. The molecule has 1 aliphatic heterocycles. The summed E-state index contributed by atoms with van der Waals surface area (Å²) in [5.41, 5.74) is 3.22. The van der Waals surface area contributed by atoms with Crippen LogP contribution in [0.4, 0.5) is 5.00 Å². The van der Waals surface area contributed by atoms with Gasteiger partial charge in [0.15, 0.2) is 5.15 Å². The third-order valence-electron chi connectivity index (χ3n) is 4.20. The van der Waals surface area contributed by atoms with Gasteiger partial charge in [-0.1, -0.05) is 41.4 Å². The lowest BCUT2D eigenvalue weighted by Gasteiger charge is -2.33. The molecular formula is C17H18ClN3S. The van der Waals surface area contributed by atoms with Crippen LogP contribution in [0.2, 0.25) is 5.15 Å². The number of benzene rings is 1. The Hall–Kier alpha value is -1.57. The average molecular weight is 332 g/mol. The summed E-state index contributed by atoms with van der Waals surface area (Å²) in [6, 6.07) is 11.0. The second-order valence-electron chi connectivity index (χ2n) is 5.91. The van der Waals surface area contributed by atoms with Crippen LogP contribution in [0.25, 0.3) is 0 Å². The van der Waals surface area contributed by atoms with Gasteiger partial charge in [-0.05, 0) is 49.2 Å². The maximum atomic E-state index is 9.25. The summed E-state index contributed by atoms with van der Waals surface area (Å²) in [5.74, 6) is 0.615. The SMILES string of the molecule is Cc1ccc(C[C@H]2CCCN(c3snc(Cl)c3C#N)C2)cc1. The number of hydrogen-bond donors (Lipinski definition) is 0. The van der Waals surface area contributed by atoms with Crippen LogP contribution in [0, 0.1) is 24.2 Å². The summed E-state index contributed by atoms with van der Waals surface area (Å²) < 4.78 is 4.12. The number of nitriles is 1. The van der Waals surface area contributed by atoms with Crippen molar-refractivity contribution in [3.05, 3.63) is 46.1 Å². The monoisotopic (exact) mass is 331 g/mol. The zero-order valence-electron chi connectivity index (χ0n) is 12.6. The van der Waals surface area contributed by atoms with Gasteiger partial charge < -0.3 is 4.90 Å². The molecule has 1 aromatic heterocycles. The quantitative estimate of drug-likeness (QED) is 0.835. The minimum absolute atomic E-state index is 0.336. The number of rotatable bonds is 3. The van der Waals surface area contributed by atoms with E-state index in [1.54, 1.807) is 0 Å². The maximum absolute atomic E-state index is 9.25. The van der Waals surface area contributed by atoms with Gasteiger partial charge in [0.1, 0.15) is 16.6 Å². The fourth-order valence-corrected chi connectivity index (χ4v) is 4.11. The van der Waals surface area contributed by atoms with Crippen molar-refractivity contribution in [3.8, 4) is 6.07 Å². The summed E-state index contributed by atoms with van der Waals surface area (Å²) in [7, 11) is 0. The highest BCUT2D eigenvalue weighted by molar-refractivity contribution is 7.10. The molecule has 0 aliphatic carbocycles.